The Morgan fingerprint density at radius 3 is 2.73 bits per heavy atom. The minimum absolute atomic E-state index is 0.149. The van der Waals surface area contributed by atoms with Crippen LogP contribution in [0.2, 0.25) is 0 Å². The Labute approximate surface area is 189 Å². The van der Waals surface area contributed by atoms with Gasteiger partial charge in [-0.3, -0.25) is 9.78 Å². The van der Waals surface area contributed by atoms with Crippen LogP contribution in [0.5, 0.6) is 0 Å². The SMILES string of the molecule is COC[C@@]12CN(C(=O)c3cnc(C)cn3)CC[C@@H]1CN(c1ccc(C#N)c(C(F)(F)F)c1)C2. The average Bonchev–Trinajstić information content (AvgIpc) is 3.17. The van der Waals surface area contributed by atoms with E-state index >= 15 is 0 Å². The monoisotopic (exact) mass is 459 g/mol. The third-order valence-electron chi connectivity index (χ3n) is 6.58. The number of aryl methyl sites for hydroxylation is 1. The number of alkyl halides is 3. The van der Waals surface area contributed by atoms with Crippen molar-refractivity contribution in [3.8, 4) is 6.07 Å². The molecule has 7 nitrogen and oxygen atoms in total. The largest absolute Gasteiger partial charge is 0.417 e. The summed E-state index contributed by atoms with van der Waals surface area (Å²) in [6, 6.07) is 5.43. The van der Waals surface area contributed by atoms with Crippen molar-refractivity contribution in [1.82, 2.24) is 14.9 Å². The molecule has 1 aromatic heterocycles. The summed E-state index contributed by atoms with van der Waals surface area (Å²) in [6.07, 6.45) is -0.905. The molecule has 0 radical (unpaired) electrons. The number of carbonyl (C=O) groups is 1. The van der Waals surface area contributed by atoms with E-state index in [0.717, 1.165) is 6.07 Å². The first-order valence-electron chi connectivity index (χ1n) is 10.6. The normalized spacial score (nSPS) is 22.7. The highest BCUT2D eigenvalue weighted by Gasteiger charge is 2.51. The molecule has 10 heteroatoms. The Morgan fingerprint density at radius 1 is 1.30 bits per heavy atom. The highest BCUT2D eigenvalue weighted by atomic mass is 19.4. The van der Waals surface area contributed by atoms with Gasteiger partial charge in [0.25, 0.3) is 5.91 Å². The van der Waals surface area contributed by atoms with Gasteiger partial charge >= 0.3 is 6.18 Å². The van der Waals surface area contributed by atoms with Crippen LogP contribution in [-0.2, 0) is 10.9 Å². The Bertz CT molecular complexity index is 1080. The second kappa shape index (κ2) is 8.63. The molecule has 2 fully saturated rings. The maximum Gasteiger partial charge on any atom is 0.417 e. The van der Waals surface area contributed by atoms with Crippen molar-refractivity contribution in [2.45, 2.75) is 19.5 Å². The van der Waals surface area contributed by atoms with Crippen LogP contribution in [0.15, 0.2) is 30.6 Å². The standard InChI is InChI=1S/C23H24F3N5O2/c1-15-9-29-20(10-28-15)21(32)30-6-5-17-11-31(13-22(17,12-30)14-33-2)18-4-3-16(8-27)19(7-18)23(24,25)26/h3-4,7,9-10,17H,5-6,11-14H2,1-2H3/t17-,22+/m1/s1. The van der Waals surface area contributed by atoms with E-state index in [1.54, 1.807) is 37.3 Å². The minimum Gasteiger partial charge on any atom is -0.384 e. The fourth-order valence-corrected chi connectivity index (χ4v) is 4.97. The van der Waals surface area contributed by atoms with E-state index in [1.807, 2.05) is 4.90 Å². The number of likely N-dealkylation sites (tertiary alicyclic amines) is 1. The highest BCUT2D eigenvalue weighted by Crippen LogP contribution is 2.45. The molecule has 0 unspecified atom stereocenters. The maximum absolute atomic E-state index is 13.5. The Morgan fingerprint density at radius 2 is 2.09 bits per heavy atom. The summed E-state index contributed by atoms with van der Waals surface area (Å²) in [7, 11) is 1.59. The van der Waals surface area contributed by atoms with Gasteiger partial charge in [-0.25, -0.2) is 4.98 Å². The number of amides is 1. The van der Waals surface area contributed by atoms with Crippen molar-refractivity contribution in [3.05, 3.63) is 53.1 Å². The molecular weight excluding hydrogens is 435 g/mol. The zero-order valence-corrected chi connectivity index (χ0v) is 18.4. The van der Waals surface area contributed by atoms with Crippen molar-refractivity contribution < 1.29 is 22.7 Å². The number of ether oxygens (including phenoxy) is 1. The Balaban J connectivity index is 1.60. The number of benzene rings is 1. The second-order valence-electron chi connectivity index (χ2n) is 8.77. The smallest absolute Gasteiger partial charge is 0.384 e. The number of hydrogen-bond donors (Lipinski definition) is 0. The first-order chi connectivity index (χ1) is 15.7. The van der Waals surface area contributed by atoms with Gasteiger partial charge in [0.2, 0.25) is 0 Å². The summed E-state index contributed by atoms with van der Waals surface area (Å²) in [4.78, 5) is 25.0. The lowest BCUT2D eigenvalue weighted by molar-refractivity contribution is -0.137. The summed E-state index contributed by atoms with van der Waals surface area (Å²) < 4.78 is 45.9. The molecule has 4 rings (SSSR count). The quantitative estimate of drug-likeness (QED) is 0.698. The van der Waals surface area contributed by atoms with Crippen molar-refractivity contribution in [2.24, 2.45) is 11.3 Å². The lowest BCUT2D eigenvalue weighted by Gasteiger charge is -2.43. The summed E-state index contributed by atoms with van der Waals surface area (Å²) in [5, 5.41) is 9.08. The number of hydrogen-bond acceptors (Lipinski definition) is 6. The van der Waals surface area contributed by atoms with Crippen molar-refractivity contribution in [1.29, 1.82) is 5.26 Å². The molecule has 2 saturated heterocycles. The summed E-state index contributed by atoms with van der Waals surface area (Å²) >= 11 is 0. The van der Waals surface area contributed by atoms with Gasteiger partial charge < -0.3 is 14.5 Å². The molecule has 33 heavy (non-hydrogen) atoms. The number of halogens is 3. The van der Waals surface area contributed by atoms with Gasteiger partial charge in [-0.2, -0.15) is 18.4 Å². The van der Waals surface area contributed by atoms with Gasteiger partial charge in [0.1, 0.15) is 5.69 Å². The number of nitrogens with zero attached hydrogens (tertiary/aromatic N) is 5. The van der Waals surface area contributed by atoms with Crippen molar-refractivity contribution in [3.63, 3.8) is 0 Å². The molecule has 0 spiro atoms. The number of aromatic nitrogens is 2. The fraction of sp³-hybridized carbons (Fsp3) is 0.478. The summed E-state index contributed by atoms with van der Waals surface area (Å²) in [6.45, 7) is 4.11. The number of anilines is 1. The van der Waals surface area contributed by atoms with E-state index in [9.17, 15) is 18.0 Å². The van der Waals surface area contributed by atoms with Gasteiger partial charge in [-0.15, -0.1) is 0 Å². The number of piperidine rings is 1. The fourth-order valence-electron chi connectivity index (χ4n) is 4.97. The van der Waals surface area contributed by atoms with E-state index in [-0.39, 0.29) is 17.5 Å². The third kappa shape index (κ3) is 4.37. The van der Waals surface area contributed by atoms with Gasteiger partial charge in [-0.05, 0) is 37.5 Å². The van der Waals surface area contributed by atoms with Crippen LogP contribution in [0.3, 0.4) is 0 Å². The number of rotatable bonds is 4. The van der Waals surface area contributed by atoms with E-state index in [2.05, 4.69) is 9.97 Å². The number of nitriles is 1. The van der Waals surface area contributed by atoms with Crippen LogP contribution in [-0.4, -0.2) is 60.7 Å². The molecule has 1 amide bonds. The molecule has 2 aliphatic rings. The lowest BCUT2D eigenvalue weighted by atomic mass is 9.74. The molecule has 0 N–H and O–H groups in total. The van der Waals surface area contributed by atoms with E-state index < -0.39 is 22.7 Å². The highest BCUT2D eigenvalue weighted by molar-refractivity contribution is 5.92. The summed E-state index contributed by atoms with van der Waals surface area (Å²) in [5.41, 5.74) is -0.365. The molecule has 0 bridgehead atoms. The van der Waals surface area contributed by atoms with Crippen LogP contribution in [0, 0.1) is 29.6 Å². The first-order valence-corrected chi connectivity index (χ1v) is 10.6. The predicted octanol–water partition coefficient (Wildman–Crippen LogP) is 3.29. The van der Waals surface area contributed by atoms with Gasteiger partial charge in [0, 0.05) is 50.6 Å². The van der Waals surface area contributed by atoms with Crippen LogP contribution >= 0.6 is 0 Å². The molecule has 0 aliphatic carbocycles. The third-order valence-corrected chi connectivity index (χ3v) is 6.58. The molecule has 0 saturated carbocycles. The van der Waals surface area contributed by atoms with Gasteiger partial charge in [-0.1, -0.05) is 0 Å². The predicted molar refractivity (Wildman–Crippen MR) is 113 cm³/mol. The molecule has 2 aromatic rings. The van der Waals surface area contributed by atoms with Crippen molar-refractivity contribution in [2.75, 3.05) is 44.8 Å². The molecule has 2 atom stereocenters. The first kappa shape index (κ1) is 23.0. The number of methoxy groups -OCH3 is 1. The van der Waals surface area contributed by atoms with E-state index in [1.165, 1.54) is 12.3 Å². The Kier molecular flexibility index (Phi) is 6.01. The lowest BCUT2D eigenvalue weighted by Crippen LogP contribution is -2.53. The van der Waals surface area contributed by atoms with Crippen LogP contribution in [0.25, 0.3) is 0 Å². The molecule has 2 aliphatic heterocycles. The second-order valence-corrected chi connectivity index (χ2v) is 8.77. The molecular formula is C23H24F3N5O2. The maximum atomic E-state index is 13.5. The summed E-state index contributed by atoms with van der Waals surface area (Å²) in [5.74, 6) is -0.0665. The molecule has 174 valence electrons. The minimum atomic E-state index is -4.62. The zero-order chi connectivity index (χ0) is 23.8. The average molecular weight is 459 g/mol. The Hall–Kier alpha value is -3.19. The zero-order valence-electron chi connectivity index (χ0n) is 18.4. The number of carbonyl (C=O) groups excluding carboxylic acids is 1. The van der Waals surface area contributed by atoms with Crippen molar-refractivity contribution >= 4 is 11.6 Å². The van der Waals surface area contributed by atoms with E-state index in [0.29, 0.717) is 50.6 Å². The topological polar surface area (TPSA) is 82.3 Å². The van der Waals surface area contributed by atoms with Crippen LogP contribution < -0.4 is 4.90 Å². The number of fused-ring (bicyclic) bond motifs is 1. The molecule has 1 aromatic carbocycles. The van der Waals surface area contributed by atoms with Gasteiger partial charge in [0.05, 0.1) is 35.7 Å². The van der Waals surface area contributed by atoms with Crippen LogP contribution in [0.1, 0.15) is 33.7 Å². The molecule has 3 heterocycles. The van der Waals surface area contributed by atoms with Gasteiger partial charge in [0.15, 0.2) is 0 Å². The van der Waals surface area contributed by atoms with E-state index in [4.69, 9.17) is 10.00 Å². The van der Waals surface area contributed by atoms with Crippen LogP contribution in [0.4, 0.5) is 18.9 Å².